The number of carboxylic acids is 2. The molecule has 1 rings (SSSR count). The van der Waals surface area contributed by atoms with Crippen LogP contribution in [0.4, 0.5) is 5.69 Å². The lowest BCUT2D eigenvalue weighted by Gasteiger charge is -2.12. The fraction of sp³-hybridized carbons (Fsp3) is 0.286. The predicted molar refractivity (Wildman–Crippen MR) is 78.1 cm³/mol. The third-order valence-electron chi connectivity index (χ3n) is 3.04. The first kappa shape index (κ1) is 17.3. The summed E-state index contributed by atoms with van der Waals surface area (Å²) in [4.78, 5) is 31.7. The van der Waals surface area contributed by atoms with Gasteiger partial charge in [-0.2, -0.15) is 0 Å². The highest BCUT2D eigenvalue weighted by Gasteiger charge is 2.23. The van der Waals surface area contributed by atoms with E-state index in [1.807, 2.05) is 0 Å². The second-order valence-corrected chi connectivity index (χ2v) is 4.70. The topological polar surface area (TPSA) is 144 Å². The van der Waals surface area contributed by atoms with Crippen molar-refractivity contribution in [3.63, 3.8) is 0 Å². The van der Waals surface area contributed by atoms with Crippen LogP contribution in [0.15, 0.2) is 30.3 Å². The highest BCUT2D eigenvalue weighted by atomic mass is 16.6. The average Bonchev–Trinajstić information content (AvgIpc) is 2.46. The fourth-order valence-electron chi connectivity index (χ4n) is 1.78. The molecule has 0 unspecified atom stereocenters. The van der Waals surface area contributed by atoms with Crippen molar-refractivity contribution in [3.8, 4) is 0 Å². The number of nitro groups is 1. The van der Waals surface area contributed by atoms with Crippen LogP contribution < -0.4 is 5.73 Å². The summed E-state index contributed by atoms with van der Waals surface area (Å²) in [6.07, 6.45) is 3.14. The summed E-state index contributed by atoms with van der Waals surface area (Å²) in [6.45, 7) is 0. The molecule has 8 heteroatoms. The molecule has 0 heterocycles. The minimum absolute atomic E-state index is 0.0343. The lowest BCUT2D eigenvalue weighted by molar-refractivity contribution is -0.384. The Bertz CT molecular complexity index is 582. The molecule has 0 spiro atoms. The van der Waals surface area contributed by atoms with Gasteiger partial charge in [-0.15, -0.1) is 0 Å². The quantitative estimate of drug-likeness (QED) is 0.487. The van der Waals surface area contributed by atoms with Crippen molar-refractivity contribution in [2.45, 2.75) is 18.9 Å². The summed E-state index contributed by atoms with van der Waals surface area (Å²) in [6, 6.07) is 4.53. The van der Waals surface area contributed by atoms with Crippen LogP contribution in [0, 0.1) is 16.0 Å². The average molecular weight is 308 g/mol. The minimum Gasteiger partial charge on any atom is -0.481 e. The molecule has 0 radical (unpaired) electrons. The summed E-state index contributed by atoms with van der Waals surface area (Å²) in [5.41, 5.74) is 5.98. The Morgan fingerprint density at radius 2 is 1.82 bits per heavy atom. The highest BCUT2D eigenvalue weighted by molar-refractivity contribution is 5.76. The van der Waals surface area contributed by atoms with Gasteiger partial charge in [0.2, 0.25) is 0 Å². The van der Waals surface area contributed by atoms with E-state index in [1.54, 1.807) is 12.2 Å². The van der Waals surface area contributed by atoms with Crippen LogP contribution in [-0.2, 0) is 9.59 Å². The minimum atomic E-state index is -1.24. The molecule has 0 bridgehead atoms. The van der Waals surface area contributed by atoms with Gasteiger partial charge in [-0.25, -0.2) is 0 Å². The molecule has 0 fully saturated rings. The van der Waals surface area contributed by atoms with Crippen LogP contribution in [0.2, 0.25) is 0 Å². The number of nitrogens with two attached hydrogens (primary N) is 1. The first-order chi connectivity index (χ1) is 10.3. The number of nitrogens with zero attached hydrogens (tertiary/aromatic N) is 1. The number of allylic oxidation sites excluding steroid dienone is 1. The molecule has 0 aliphatic heterocycles. The predicted octanol–water partition coefficient (Wildman–Crippen LogP) is 1.50. The number of aliphatic carboxylic acids is 2. The summed E-state index contributed by atoms with van der Waals surface area (Å²) in [7, 11) is 0. The Hall–Kier alpha value is -2.74. The SMILES string of the molecule is N[C@@H](C[C@@H](C/C=C/c1ccc([N+](=O)[O-])cc1)C(=O)O)C(=O)O. The standard InChI is InChI=1S/C14H16N2O6/c15-12(14(19)20)8-10(13(17)18)3-1-2-9-4-6-11(7-5-9)16(21)22/h1-2,4-7,10,12H,3,8,15H2,(H,17,18)(H,19,20)/b2-1+/t10-,12+/m1/s1. The molecule has 0 aliphatic carbocycles. The normalized spacial score (nSPS) is 13.7. The van der Waals surface area contributed by atoms with Gasteiger partial charge in [-0.3, -0.25) is 19.7 Å². The van der Waals surface area contributed by atoms with E-state index in [1.165, 1.54) is 24.3 Å². The monoisotopic (exact) mass is 308 g/mol. The fourth-order valence-corrected chi connectivity index (χ4v) is 1.78. The molecule has 0 saturated carbocycles. The zero-order valence-corrected chi connectivity index (χ0v) is 11.6. The van der Waals surface area contributed by atoms with Gasteiger partial charge in [0.25, 0.3) is 5.69 Å². The second-order valence-electron chi connectivity index (χ2n) is 4.70. The number of nitro benzene ring substituents is 1. The van der Waals surface area contributed by atoms with Crippen LogP contribution in [0.1, 0.15) is 18.4 Å². The maximum Gasteiger partial charge on any atom is 0.320 e. The maximum atomic E-state index is 11.1. The van der Waals surface area contributed by atoms with Crippen LogP contribution in [-0.4, -0.2) is 33.1 Å². The Morgan fingerprint density at radius 1 is 1.23 bits per heavy atom. The van der Waals surface area contributed by atoms with Crippen molar-refractivity contribution in [2.24, 2.45) is 11.7 Å². The number of rotatable bonds is 8. The number of carbonyl (C=O) groups is 2. The van der Waals surface area contributed by atoms with Gasteiger partial charge in [0.15, 0.2) is 0 Å². The molecular weight excluding hydrogens is 292 g/mol. The third kappa shape index (κ3) is 5.33. The Morgan fingerprint density at radius 3 is 2.27 bits per heavy atom. The van der Waals surface area contributed by atoms with E-state index in [2.05, 4.69) is 0 Å². The molecule has 2 atom stereocenters. The van der Waals surface area contributed by atoms with Crippen molar-refractivity contribution in [1.82, 2.24) is 0 Å². The molecule has 0 saturated heterocycles. The number of hydrogen-bond donors (Lipinski definition) is 3. The largest absolute Gasteiger partial charge is 0.481 e. The Labute approximate surface area is 126 Å². The lowest BCUT2D eigenvalue weighted by atomic mass is 9.96. The van der Waals surface area contributed by atoms with Crippen LogP contribution in [0.3, 0.4) is 0 Å². The van der Waals surface area contributed by atoms with Gasteiger partial charge in [-0.05, 0) is 30.5 Å². The molecule has 1 aromatic rings. The van der Waals surface area contributed by atoms with Crippen LogP contribution in [0.25, 0.3) is 6.08 Å². The summed E-state index contributed by atoms with van der Waals surface area (Å²) in [5, 5.41) is 28.2. The van der Waals surface area contributed by atoms with Crippen LogP contribution in [0.5, 0.6) is 0 Å². The van der Waals surface area contributed by atoms with Crippen LogP contribution >= 0.6 is 0 Å². The Kier molecular flexibility index (Phi) is 6.21. The zero-order chi connectivity index (χ0) is 16.7. The van der Waals surface area contributed by atoms with Gasteiger partial charge < -0.3 is 15.9 Å². The molecular formula is C14H16N2O6. The molecule has 0 amide bonds. The number of carboxylic acid groups (broad SMARTS) is 2. The van der Waals surface area contributed by atoms with E-state index in [0.717, 1.165) is 0 Å². The highest BCUT2D eigenvalue weighted by Crippen LogP contribution is 2.16. The summed E-state index contributed by atoms with van der Waals surface area (Å²) in [5.74, 6) is -3.27. The van der Waals surface area contributed by atoms with Crippen molar-refractivity contribution in [1.29, 1.82) is 0 Å². The van der Waals surface area contributed by atoms with E-state index < -0.39 is 28.8 Å². The van der Waals surface area contributed by atoms with Gasteiger partial charge in [-0.1, -0.05) is 12.2 Å². The maximum absolute atomic E-state index is 11.1. The number of benzene rings is 1. The Balaban J connectivity index is 2.66. The molecule has 22 heavy (non-hydrogen) atoms. The van der Waals surface area contributed by atoms with Crippen molar-refractivity contribution >= 4 is 23.7 Å². The first-order valence-corrected chi connectivity index (χ1v) is 6.43. The van der Waals surface area contributed by atoms with E-state index in [0.29, 0.717) is 5.56 Å². The number of hydrogen-bond acceptors (Lipinski definition) is 5. The van der Waals surface area contributed by atoms with E-state index in [4.69, 9.17) is 15.9 Å². The molecule has 4 N–H and O–H groups in total. The van der Waals surface area contributed by atoms with Gasteiger partial charge in [0, 0.05) is 12.1 Å². The van der Waals surface area contributed by atoms with Crippen molar-refractivity contribution in [3.05, 3.63) is 46.0 Å². The van der Waals surface area contributed by atoms with E-state index in [9.17, 15) is 19.7 Å². The van der Waals surface area contributed by atoms with E-state index in [-0.39, 0.29) is 18.5 Å². The molecule has 1 aromatic carbocycles. The van der Waals surface area contributed by atoms with Crippen molar-refractivity contribution in [2.75, 3.05) is 0 Å². The molecule has 0 aliphatic rings. The van der Waals surface area contributed by atoms with Gasteiger partial charge in [0.1, 0.15) is 6.04 Å². The lowest BCUT2D eigenvalue weighted by Crippen LogP contribution is -2.34. The summed E-state index contributed by atoms with van der Waals surface area (Å²) >= 11 is 0. The molecule has 8 nitrogen and oxygen atoms in total. The summed E-state index contributed by atoms with van der Waals surface area (Å²) < 4.78 is 0. The zero-order valence-electron chi connectivity index (χ0n) is 11.6. The second kappa shape index (κ2) is 7.89. The smallest absolute Gasteiger partial charge is 0.320 e. The molecule has 0 aromatic heterocycles. The van der Waals surface area contributed by atoms with Gasteiger partial charge >= 0.3 is 11.9 Å². The van der Waals surface area contributed by atoms with Crippen molar-refractivity contribution < 1.29 is 24.7 Å². The van der Waals surface area contributed by atoms with Gasteiger partial charge in [0.05, 0.1) is 10.8 Å². The number of non-ortho nitro benzene ring substituents is 1. The van der Waals surface area contributed by atoms with E-state index >= 15 is 0 Å². The third-order valence-corrected chi connectivity index (χ3v) is 3.04. The molecule has 118 valence electrons. The first-order valence-electron chi connectivity index (χ1n) is 6.43.